The summed E-state index contributed by atoms with van der Waals surface area (Å²) in [6, 6.07) is 9.87. The zero-order chi connectivity index (χ0) is 13.4. The molecule has 0 atom stereocenters. The molecule has 0 aliphatic heterocycles. The van der Waals surface area contributed by atoms with Gasteiger partial charge in [-0.2, -0.15) is 0 Å². The van der Waals surface area contributed by atoms with Crippen molar-refractivity contribution in [2.24, 2.45) is 0 Å². The van der Waals surface area contributed by atoms with Crippen molar-refractivity contribution in [1.29, 1.82) is 0 Å². The van der Waals surface area contributed by atoms with E-state index in [2.05, 4.69) is 21.2 Å². The number of thiophene rings is 2. The van der Waals surface area contributed by atoms with E-state index < -0.39 is 0 Å². The third-order valence-electron chi connectivity index (χ3n) is 2.74. The molecule has 1 aromatic carbocycles. The molecule has 96 valence electrons. The van der Waals surface area contributed by atoms with Crippen LogP contribution in [0.1, 0.15) is 15.2 Å². The predicted molar refractivity (Wildman–Crippen MR) is 86.5 cm³/mol. The van der Waals surface area contributed by atoms with Gasteiger partial charge in [0.25, 0.3) is 5.91 Å². The summed E-state index contributed by atoms with van der Waals surface area (Å²) in [5.74, 6) is -0.0575. The molecule has 0 aliphatic rings. The lowest BCUT2D eigenvalue weighted by molar-refractivity contribution is 0.103. The van der Waals surface area contributed by atoms with Crippen LogP contribution in [0.2, 0.25) is 0 Å². The quantitative estimate of drug-likeness (QED) is 0.667. The van der Waals surface area contributed by atoms with Gasteiger partial charge in [0.15, 0.2) is 0 Å². The summed E-state index contributed by atoms with van der Waals surface area (Å²) < 4.78 is 3.23. The predicted octanol–water partition coefficient (Wildman–Crippen LogP) is 5.29. The monoisotopic (exact) mass is 351 g/mol. The Balaban J connectivity index is 1.86. The second-order valence-corrected chi connectivity index (χ2v) is 7.08. The number of carbonyl (C=O) groups is 1. The molecule has 1 N–H and O–H groups in total. The topological polar surface area (TPSA) is 29.1 Å². The van der Waals surface area contributed by atoms with Crippen LogP contribution in [0.3, 0.4) is 0 Å². The fourth-order valence-electron chi connectivity index (χ4n) is 1.78. The molecular weight excluding hydrogens is 342 g/mol. The Labute approximate surface area is 127 Å². The Hall–Kier alpha value is -1.17. The summed E-state index contributed by atoms with van der Waals surface area (Å²) in [6.07, 6.45) is 0. The summed E-state index contributed by atoms with van der Waals surface area (Å²) in [5.41, 5.74) is 1.95. The van der Waals surface area contributed by atoms with Crippen molar-refractivity contribution < 1.29 is 4.79 Å². The summed E-state index contributed by atoms with van der Waals surface area (Å²) in [7, 11) is 0. The molecule has 0 radical (unpaired) electrons. The Kier molecular flexibility index (Phi) is 3.43. The van der Waals surface area contributed by atoms with Gasteiger partial charge in [0.1, 0.15) is 0 Å². The van der Waals surface area contributed by atoms with Gasteiger partial charge in [-0.15, -0.1) is 22.7 Å². The van der Waals surface area contributed by atoms with Crippen LogP contribution in [0.4, 0.5) is 5.69 Å². The normalized spacial score (nSPS) is 10.8. The summed E-state index contributed by atoms with van der Waals surface area (Å²) in [6.45, 7) is 2.02. The van der Waals surface area contributed by atoms with Gasteiger partial charge in [-0.1, -0.05) is 6.07 Å². The molecule has 0 bridgehead atoms. The largest absolute Gasteiger partial charge is 0.320 e. The third-order valence-corrected chi connectivity index (χ3v) is 5.48. The van der Waals surface area contributed by atoms with E-state index in [0.29, 0.717) is 0 Å². The molecule has 2 aromatic heterocycles. The van der Waals surface area contributed by atoms with Crippen LogP contribution < -0.4 is 5.32 Å². The molecule has 19 heavy (non-hydrogen) atoms. The van der Waals surface area contributed by atoms with Gasteiger partial charge in [-0.3, -0.25) is 4.79 Å². The zero-order valence-corrected chi connectivity index (χ0v) is 13.3. The molecule has 0 unspecified atom stereocenters. The van der Waals surface area contributed by atoms with E-state index in [9.17, 15) is 4.79 Å². The smallest absolute Gasteiger partial charge is 0.265 e. The zero-order valence-electron chi connectivity index (χ0n) is 10.1. The minimum absolute atomic E-state index is 0.0575. The number of aryl methyl sites for hydroxylation is 1. The number of hydrogen-bond donors (Lipinski definition) is 1. The highest BCUT2D eigenvalue weighted by Gasteiger charge is 2.12. The molecule has 0 saturated heterocycles. The van der Waals surface area contributed by atoms with Gasteiger partial charge in [0.2, 0.25) is 0 Å². The SMILES string of the molecule is Cc1ccc(NC(=O)c2cc3sccc3s2)c(Br)c1. The molecule has 2 heterocycles. The number of fused-ring (bicyclic) bond motifs is 1. The second-order valence-electron chi connectivity index (χ2n) is 4.20. The maximum atomic E-state index is 12.2. The van der Waals surface area contributed by atoms with Crippen molar-refractivity contribution >= 4 is 59.6 Å². The Bertz CT molecular complexity index is 731. The average Bonchev–Trinajstić information content (AvgIpc) is 2.93. The van der Waals surface area contributed by atoms with Crippen molar-refractivity contribution in [3.8, 4) is 0 Å². The number of carbonyl (C=O) groups excluding carboxylic acids is 1. The van der Waals surface area contributed by atoms with E-state index in [1.165, 1.54) is 11.3 Å². The van der Waals surface area contributed by atoms with E-state index in [-0.39, 0.29) is 5.91 Å². The average molecular weight is 352 g/mol. The molecule has 1 amide bonds. The number of anilines is 1. The van der Waals surface area contributed by atoms with Crippen LogP contribution in [0.25, 0.3) is 9.40 Å². The van der Waals surface area contributed by atoms with Crippen LogP contribution in [0, 0.1) is 6.92 Å². The van der Waals surface area contributed by atoms with Gasteiger partial charge < -0.3 is 5.32 Å². The number of halogens is 1. The molecule has 5 heteroatoms. The van der Waals surface area contributed by atoms with Gasteiger partial charge in [0.05, 0.1) is 10.6 Å². The minimum Gasteiger partial charge on any atom is -0.320 e. The van der Waals surface area contributed by atoms with Gasteiger partial charge >= 0.3 is 0 Å². The highest BCUT2D eigenvalue weighted by atomic mass is 79.9. The molecule has 0 spiro atoms. The summed E-state index contributed by atoms with van der Waals surface area (Å²) >= 11 is 6.65. The maximum Gasteiger partial charge on any atom is 0.265 e. The molecule has 2 nitrogen and oxygen atoms in total. The Morgan fingerprint density at radius 2 is 2.05 bits per heavy atom. The van der Waals surface area contributed by atoms with Gasteiger partial charge in [-0.05, 0) is 58.1 Å². The number of amides is 1. The van der Waals surface area contributed by atoms with Gasteiger partial charge in [-0.25, -0.2) is 0 Å². The highest BCUT2D eigenvalue weighted by molar-refractivity contribution is 9.10. The van der Waals surface area contributed by atoms with E-state index in [1.54, 1.807) is 11.3 Å². The lowest BCUT2D eigenvalue weighted by atomic mass is 10.2. The fourth-order valence-corrected chi connectivity index (χ4v) is 4.38. The fraction of sp³-hybridized carbons (Fsp3) is 0.0714. The van der Waals surface area contributed by atoms with E-state index in [1.807, 2.05) is 42.6 Å². The number of nitrogens with one attached hydrogen (secondary N) is 1. The second kappa shape index (κ2) is 5.07. The van der Waals surface area contributed by atoms with Crippen molar-refractivity contribution in [3.05, 3.63) is 50.6 Å². The number of hydrogen-bond acceptors (Lipinski definition) is 3. The van der Waals surface area contributed by atoms with Crippen LogP contribution >= 0.6 is 38.6 Å². The van der Waals surface area contributed by atoms with Crippen molar-refractivity contribution in [1.82, 2.24) is 0 Å². The van der Waals surface area contributed by atoms with E-state index in [0.717, 1.165) is 30.0 Å². The lowest BCUT2D eigenvalue weighted by Gasteiger charge is -2.06. The summed E-state index contributed by atoms with van der Waals surface area (Å²) in [5, 5.41) is 4.97. The standard InChI is InChI=1S/C14H10BrNOS2/c1-8-2-3-10(9(15)6-8)16-14(17)13-7-12-11(19-13)4-5-18-12/h2-7H,1H3,(H,16,17). The molecule has 0 saturated carbocycles. The van der Waals surface area contributed by atoms with Crippen molar-refractivity contribution in [2.75, 3.05) is 5.32 Å². The first-order valence-electron chi connectivity index (χ1n) is 5.68. The van der Waals surface area contributed by atoms with Crippen LogP contribution in [-0.2, 0) is 0 Å². The molecule has 0 aliphatic carbocycles. The first kappa shape index (κ1) is 12.8. The summed E-state index contributed by atoms with van der Waals surface area (Å²) in [4.78, 5) is 12.9. The maximum absolute atomic E-state index is 12.2. The first-order valence-corrected chi connectivity index (χ1v) is 8.17. The molecular formula is C14H10BrNOS2. The molecule has 3 aromatic rings. The highest BCUT2D eigenvalue weighted by Crippen LogP contribution is 2.31. The number of rotatable bonds is 2. The minimum atomic E-state index is -0.0575. The molecule has 0 fully saturated rings. The van der Waals surface area contributed by atoms with Crippen molar-refractivity contribution in [3.63, 3.8) is 0 Å². The Morgan fingerprint density at radius 3 is 2.79 bits per heavy atom. The van der Waals surface area contributed by atoms with Crippen LogP contribution in [0.15, 0.2) is 40.2 Å². The molecule has 3 rings (SSSR count). The van der Waals surface area contributed by atoms with Crippen LogP contribution in [0.5, 0.6) is 0 Å². The third kappa shape index (κ3) is 2.59. The van der Waals surface area contributed by atoms with Gasteiger partial charge in [0, 0.05) is 13.9 Å². The lowest BCUT2D eigenvalue weighted by Crippen LogP contribution is -2.10. The van der Waals surface area contributed by atoms with Crippen LogP contribution in [-0.4, -0.2) is 5.91 Å². The Morgan fingerprint density at radius 1 is 1.21 bits per heavy atom. The number of benzene rings is 1. The van der Waals surface area contributed by atoms with E-state index >= 15 is 0 Å². The van der Waals surface area contributed by atoms with E-state index in [4.69, 9.17) is 0 Å². The van der Waals surface area contributed by atoms with Crippen molar-refractivity contribution in [2.45, 2.75) is 6.92 Å². The first-order chi connectivity index (χ1) is 9.13.